The molecule has 3 aromatic rings. The molecule has 0 saturated heterocycles. The van der Waals surface area contributed by atoms with Crippen LogP contribution < -0.4 is 5.73 Å². The minimum atomic E-state index is 0.806. The van der Waals surface area contributed by atoms with E-state index in [2.05, 4.69) is 48.5 Å². The van der Waals surface area contributed by atoms with Crippen molar-refractivity contribution in [2.45, 2.75) is 9.79 Å². The molecular weight excluding hydrogens is 238 g/mol. The van der Waals surface area contributed by atoms with Crippen molar-refractivity contribution >= 4 is 28.2 Å². The predicted octanol–water partition coefficient (Wildman–Crippen LogP) is 4.57. The fraction of sp³-hybridized carbons (Fsp3) is 0. The second kappa shape index (κ2) is 4.75. The van der Waals surface area contributed by atoms with Crippen molar-refractivity contribution in [2.24, 2.45) is 0 Å². The lowest BCUT2D eigenvalue weighted by atomic mass is 10.1. The Morgan fingerprint density at radius 2 is 1.44 bits per heavy atom. The summed E-state index contributed by atoms with van der Waals surface area (Å²) in [6.45, 7) is 0. The highest BCUT2D eigenvalue weighted by atomic mass is 32.2. The van der Waals surface area contributed by atoms with Gasteiger partial charge in [-0.1, -0.05) is 48.2 Å². The van der Waals surface area contributed by atoms with Gasteiger partial charge in [-0.2, -0.15) is 0 Å². The Morgan fingerprint density at radius 1 is 0.667 bits per heavy atom. The van der Waals surface area contributed by atoms with E-state index in [0.717, 1.165) is 5.69 Å². The number of fused-ring (bicyclic) bond motifs is 1. The second-order valence-electron chi connectivity index (χ2n) is 4.18. The van der Waals surface area contributed by atoms with Gasteiger partial charge >= 0.3 is 0 Å². The molecular formula is C16H13NS. The largest absolute Gasteiger partial charge is 0.399 e. The second-order valence-corrected chi connectivity index (χ2v) is 5.33. The molecule has 0 heterocycles. The van der Waals surface area contributed by atoms with Gasteiger partial charge in [-0.3, -0.25) is 0 Å². The van der Waals surface area contributed by atoms with Crippen LogP contribution in [0, 0.1) is 0 Å². The minimum Gasteiger partial charge on any atom is -0.399 e. The van der Waals surface area contributed by atoms with Gasteiger partial charge in [-0.15, -0.1) is 0 Å². The molecule has 0 aromatic heterocycles. The first-order chi connectivity index (χ1) is 8.81. The number of nitrogens with two attached hydrogens (primary N) is 1. The van der Waals surface area contributed by atoms with Gasteiger partial charge in [0.1, 0.15) is 0 Å². The molecule has 0 fully saturated rings. The van der Waals surface area contributed by atoms with E-state index in [9.17, 15) is 0 Å². The van der Waals surface area contributed by atoms with Gasteiger partial charge in [0.15, 0.2) is 0 Å². The topological polar surface area (TPSA) is 26.0 Å². The Kier molecular flexibility index (Phi) is 2.95. The maximum absolute atomic E-state index is 5.79. The van der Waals surface area contributed by atoms with Crippen molar-refractivity contribution in [1.82, 2.24) is 0 Å². The smallest absolute Gasteiger partial charge is 0.0325 e. The van der Waals surface area contributed by atoms with Crippen LogP contribution in [0.25, 0.3) is 10.8 Å². The van der Waals surface area contributed by atoms with Crippen LogP contribution >= 0.6 is 11.8 Å². The van der Waals surface area contributed by atoms with E-state index in [1.165, 1.54) is 20.6 Å². The molecule has 1 nitrogen and oxygen atoms in total. The summed E-state index contributed by atoms with van der Waals surface area (Å²) in [7, 11) is 0. The van der Waals surface area contributed by atoms with E-state index in [-0.39, 0.29) is 0 Å². The molecule has 88 valence electrons. The maximum Gasteiger partial charge on any atom is 0.0325 e. The van der Waals surface area contributed by atoms with Gasteiger partial charge in [0.2, 0.25) is 0 Å². The molecule has 0 spiro atoms. The number of hydrogen-bond donors (Lipinski definition) is 1. The summed E-state index contributed by atoms with van der Waals surface area (Å²) in [6.07, 6.45) is 0. The first kappa shape index (κ1) is 11.2. The average Bonchev–Trinajstić information content (AvgIpc) is 2.39. The number of rotatable bonds is 2. The minimum absolute atomic E-state index is 0.806. The average molecular weight is 251 g/mol. The Morgan fingerprint density at radius 3 is 2.28 bits per heavy atom. The van der Waals surface area contributed by atoms with Crippen LogP contribution in [-0.4, -0.2) is 0 Å². The molecule has 0 aliphatic carbocycles. The van der Waals surface area contributed by atoms with E-state index in [0.29, 0.717) is 0 Å². The normalized spacial score (nSPS) is 10.7. The molecule has 0 aliphatic heterocycles. The zero-order valence-corrected chi connectivity index (χ0v) is 10.7. The highest BCUT2D eigenvalue weighted by Crippen LogP contribution is 2.30. The quantitative estimate of drug-likeness (QED) is 0.675. The molecule has 18 heavy (non-hydrogen) atoms. The molecule has 2 heteroatoms. The first-order valence-electron chi connectivity index (χ1n) is 5.83. The number of hydrogen-bond acceptors (Lipinski definition) is 2. The van der Waals surface area contributed by atoms with Crippen LogP contribution in [0.2, 0.25) is 0 Å². The lowest BCUT2D eigenvalue weighted by molar-refractivity contribution is 1.42. The van der Waals surface area contributed by atoms with Crippen LogP contribution in [0.15, 0.2) is 76.5 Å². The molecule has 0 amide bonds. The third-order valence-electron chi connectivity index (χ3n) is 2.81. The first-order valence-corrected chi connectivity index (χ1v) is 6.65. The zero-order valence-electron chi connectivity index (χ0n) is 9.84. The lowest BCUT2D eigenvalue weighted by Crippen LogP contribution is -1.83. The van der Waals surface area contributed by atoms with E-state index >= 15 is 0 Å². The monoisotopic (exact) mass is 251 g/mol. The zero-order chi connectivity index (χ0) is 12.4. The van der Waals surface area contributed by atoms with Crippen molar-refractivity contribution in [2.75, 3.05) is 5.73 Å². The van der Waals surface area contributed by atoms with Crippen molar-refractivity contribution in [3.05, 3.63) is 66.7 Å². The van der Waals surface area contributed by atoms with E-state index in [4.69, 9.17) is 5.73 Å². The van der Waals surface area contributed by atoms with Crippen LogP contribution in [0.5, 0.6) is 0 Å². The van der Waals surface area contributed by atoms with Crippen molar-refractivity contribution in [3.8, 4) is 0 Å². The van der Waals surface area contributed by atoms with E-state index < -0.39 is 0 Å². The van der Waals surface area contributed by atoms with Crippen LogP contribution in [0.3, 0.4) is 0 Å². The van der Waals surface area contributed by atoms with Crippen molar-refractivity contribution in [1.29, 1.82) is 0 Å². The van der Waals surface area contributed by atoms with Gasteiger partial charge in [0.25, 0.3) is 0 Å². The Balaban J connectivity index is 1.95. The van der Waals surface area contributed by atoms with E-state index in [1.807, 2.05) is 18.2 Å². The third kappa shape index (κ3) is 2.34. The van der Waals surface area contributed by atoms with Crippen LogP contribution in [-0.2, 0) is 0 Å². The number of benzene rings is 3. The summed E-state index contributed by atoms with van der Waals surface area (Å²) in [6, 6.07) is 22.9. The molecule has 0 radical (unpaired) electrons. The maximum atomic E-state index is 5.79. The molecule has 0 atom stereocenters. The SMILES string of the molecule is Nc1cccc(Sc2ccc3ccccc3c2)c1. The fourth-order valence-electron chi connectivity index (χ4n) is 1.95. The predicted molar refractivity (Wildman–Crippen MR) is 78.9 cm³/mol. The van der Waals surface area contributed by atoms with Crippen LogP contribution in [0.4, 0.5) is 5.69 Å². The fourth-order valence-corrected chi connectivity index (χ4v) is 2.88. The summed E-state index contributed by atoms with van der Waals surface area (Å²) in [4.78, 5) is 2.41. The van der Waals surface area contributed by atoms with Crippen LogP contribution in [0.1, 0.15) is 0 Å². The summed E-state index contributed by atoms with van der Waals surface area (Å²) in [5.74, 6) is 0. The van der Waals surface area contributed by atoms with Gasteiger partial charge in [-0.05, 0) is 41.1 Å². The van der Waals surface area contributed by atoms with Gasteiger partial charge in [0, 0.05) is 15.5 Å². The highest BCUT2D eigenvalue weighted by molar-refractivity contribution is 7.99. The van der Waals surface area contributed by atoms with E-state index in [1.54, 1.807) is 11.8 Å². The Hall–Kier alpha value is -1.93. The van der Waals surface area contributed by atoms with Crippen molar-refractivity contribution < 1.29 is 0 Å². The van der Waals surface area contributed by atoms with Crippen molar-refractivity contribution in [3.63, 3.8) is 0 Å². The van der Waals surface area contributed by atoms with Gasteiger partial charge < -0.3 is 5.73 Å². The molecule has 0 saturated carbocycles. The van der Waals surface area contributed by atoms with Gasteiger partial charge in [0.05, 0.1) is 0 Å². The number of anilines is 1. The molecule has 0 unspecified atom stereocenters. The molecule has 3 aromatic carbocycles. The standard InChI is InChI=1S/C16H13NS/c17-14-6-3-7-15(11-14)18-16-9-8-12-4-1-2-5-13(12)10-16/h1-11H,17H2. The number of nitrogen functional groups attached to an aromatic ring is 1. The summed E-state index contributed by atoms with van der Waals surface area (Å²) >= 11 is 1.74. The molecule has 3 rings (SSSR count). The lowest BCUT2D eigenvalue weighted by Gasteiger charge is -2.04. The molecule has 0 bridgehead atoms. The Labute approximate surface area is 111 Å². The third-order valence-corrected chi connectivity index (χ3v) is 3.79. The Bertz CT molecular complexity index is 691. The van der Waals surface area contributed by atoms with Gasteiger partial charge in [-0.25, -0.2) is 0 Å². The summed E-state index contributed by atoms with van der Waals surface area (Å²) in [5.41, 5.74) is 6.60. The highest BCUT2D eigenvalue weighted by Gasteiger charge is 1.99. The summed E-state index contributed by atoms with van der Waals surface area (Å²) in [5, 5.41) is 2.54. The molecule has 2 N–H and O–H groups in total. The molecule has 0 aliphatic rings. The summed E-state index contributed by atoms with van der Waals surface area (Å²) < 4.78 is 0.